The first kappa shape index (κ1) is 29.7. The van der Waals surface area contributed by atoms with E-state index in [4.69, 9.17) is 19.9 Å². The molecule has 0 amide bonds. The van der Waals surface area contributed by atoms with Crippen LogP contribution in [0.15, 0.2) is 106 Å². The van der Waals surface area contributed by atoms with Gasteiger partial charge in [0.1, 0.15) is 17.3 Å². The van der Waals surface area contributed by atoms with Crippen LogP contribution in [0.2, 0.25) is 0 Å². The molecule has 0 saturated heterocycles. The molecule has 0 bridgehead atoms. The first-order valence-electron chi connectivity index (χ1n) is 12.7. The number of nitriles is 1. The molecule has 0 radical (unpaired) electrons. The molecular formula is C30H28N4O7S. The molecule has 1 aliphatic rings. The average molecular weight is 589 g/mol. The van der Waals surface area contributed by atoms with Crippen molar-refractivity contribution >= 4 is 33.3 Å². The lowest BCUT2D eigenvalue weighted by molar-refractivity contribution is -0.139. The van der Waals surface area contributed by atoms with Gasteiger partial charge in [0.25, 0.3) is 10.0 Å². The van der Waals surface area contributed by atoms with Crippen molar-refractivity contribution in [3.8, 4) is 11.8 Å². The molecule has 0 saturated carbocycles. The predicted molar refractivity (Wildman–Crippen MR) is 154 cm³/mol. The summed E-state index contributed by atoms with van der Waals surface area (Å²) in [4.78, 5) is 27.5. The molecule has 1 heterocycles. The summed E-state index contributed by atoms with van der Waals surface area (Å²) in [7, 11) is -1.71. The Kier molecular flexibility index (Phi) is 8.83. The number of hydrogen-bond acceptors (Lipinski definition) is 10. The van der Waals surface area contributed by atoms with Gasteiger partial charge in [0, 0.05) is 11.4 Å². The summed E-state index contributed by atoms with van der Waals surface area (Å²) < 4.78 is 44.1. The second-order valence-electron chi connectivity index (χ2n) is 8.89. The lowest BCUT2D eigenvalue weighted by Gasteiger charge is -2.35. The highest BCUT2D eigenvalue weighted by atomic mass is 32.2. The molecule has 3 aromatic rings. The van der Waals surface area contributed by atoms with Gasteiger partial charge in [-0.3, -0.25) is 9.62 Å². The number of nitrogens with zero attached hydrogens (tertiary/aromatic N) is 2. The first-order chi connectivity index (χ1) is 20.2. The molecule has 1 unspecified atom stereocenters. The van der Waals surface area contributed by atoms with Gasteiger partial charge in [0.05, 0.1) is 48.9 Å². The number of rotatable bonds is 9. The minimum Gasteiger partial charge on any atom is -0.494 e. The number of carbonyl (C=O) groups excluding carboxylic acids is 2. The van der Waals surface area contributed by atoms with E-state index in [-0.39, 0.29) is 33.2 Å². The van der Waals surface area contributed by atoms with E-state index in [9.17, 15) is 23.3 Å². The van der Waals surface area contributed by atoms with Gasteiger partial charge in [-0.15, -0.1) is 0 Å². The second kappa shape index (κ2) is 12.5. The Hall–Kier alpha value is -5.28. The molecule has 3 aromatic carbocycles. The topological polar surface area (TPSA) is 161 Å². The number of esters is 2. The third-order valence-corrected chi connectivity index (χ3v) is 7.83. The van der Waals surface area contributed by atoms with Crippen LogP contribution in [0, 0.1) is 11.3 Å². The maximum atomic E-state index is 13.2. The smallest absolute Gasteiger partial charge is 0.355 e. The van der Waals surface area contributed by atoms with Crippen LogP contribution >= 0.6 is 0 Å². The number of benzene rings is 3. The van der Waals surface area contributed by atoms with Gasteiger partial charge in [-0.05, 0) is 61.0 Å². The summed E-state index contributed by atoms with van der Waals surface area (Å²) in [6.45, 7) is 2.32. The van der Waals surface area contributed by atoms with Crippen LogP contribution in [0.5, 0.6) is 5.75 Å². The zero-order valence-electron chi connectivity index (χ0n) is 23.0. The average Bonchev–Trinajstić information content (AvgIpc) is 3.01. The summed E-state index contributed by atoms with van der Waals surface area (Å²) in [5.41, 5.74) is 7.11. The Balaban J connectivity index is 1.80. The molecule has 4 rings (SSSR count). The van der Waals surface area contributed by atoms with Crippen LogP contribution in [-0.2, 0) is 29.1 Å². The van der Waals surface area contributed by atoms with Gasteiger partial charge in [0.15, 0.2) is 0 Å². The minimum absolute atomic E-state index is 0.0110. The van der Waals surface area contributed by atoms with E-state index >= 15 is 0 Å². The van der Waals surface area contributed by atoms with Gasteiger partial charge in [-0.2, -0.15) is 5.26 Å². The first-order valence-corrected chi connectivity index (χ1v) is 14.2. The van der Waals surface area contributed by atoms with Crippen LogP contribution < -0.4 is 20.1 Å². The molecule has 216 valence electrons. The lowest BCUT2D eigenvalue weighted by atomic mass is 9.81. The number of methoxy groups -OCH3 is 2. The predicted octanol–water partition coefficient (Wildman–Crippen LogP) is 3.78. The number of carbonyl (C=O) groups is 2. The van der Waals surface area contributed by atoms with E-state index in [2.05, 4.69) is 10.8 Å². The molecule has 0 fully saturated rings. The molecular weight excluding hydrogens is 560 g/mol. The van der Waals surface area contributed by atoms with Gasteiger partial charge in [-0.1, -0.05) is 30.3 Å². The fourth-order valence-corrected chi connectivity index (χ4v) is 5.61. The highest BCUT2D eigenvalue weighted by Crippen LogP contribution is 2.43. The number of nitrogens with two attached hydrogens (primary N) is 1. The van der Waals surface area contributed by atoms with Crippen molar-refractivity contribution in [2.75, 3.05) is 30.4 Å². The SMILES string of the molecule is CCOc1ccc(NS(=O)(=O)c2ccc(N3C(N)=C(C#N)C(c4ccccc4)C(C(=O)OC)=C3C(=O)OC)cc2)cc1. The zero-order valence-corrected chi connectivity index (χ0v) is 23.8. The molecule has 12 heteroatoms. The molecule has 0 aromatic heterocycles. The van der Waals surface area contributed by atoms with Crippen LogP contribution in [0.4, 0.5) is 11.4 Å². The van der Waals surface area contributed by atoms with Crippen molar-refractivity contribution in [2.24, 2.45) is 5.73 Å². The van der Waals surface area contributed by atoms with E-state index < -0.39 is 27.9 Å². The van der Waals surface area contributed by atoms with Crippen LogP contribution in [-0.4, -0.2) is 41.2 Å². The number of anilines is 2. The fraction of sp³-hybridized carbons (Fsp3) is 0.167. The molecule has 1 aliphatic heterocycles. The van der Waals surface area contributed by atoms with Crippen LogP contribution in [0.3, 0.4) is 0 Å². The van der Waals surface area contributed by atoms with E-state index in [1.807, 2.05) is 6.92 Å². The van der Waals surface area contributed by atoms with E-state index in [0.29, 0.717) is 23.6 Å². The fourth-order valence-electron chi connectivity index (χ4n) is 4.56. The summed E-state index contributed by atoms with van der Waals surface area (Å²) in [5, 5.41) is 10.1. The zero-order chi connectivity index (χ0) is 30.4. The Labute approximate surface area is 243 Å². The molecule has 0 aliphatic carbocycles. The summed E-state index contributed by atoms with van der Waals surface area (Å²) >= 11 is 0. The number of ether oxygens (including phenoxy) is 3. The van der Waals surface area contributed by atoms with E-state index in [1.54, 1.807) is 54.6 Å². The summed E-state index contributed by atoms with van der Waals surface area (Å²) in [5.74, 6) is -2.34. The van der Waals surface area contributed by atoms with Crippen LogP contribution in [0.25, 0.3) is 0 Å². The van der Waals surface area contributed by atoms with E-state index in [1.165, 1.54) is 29.2 Å². The number of sulfonamides is 1. The number of nitrogens with one attached hydrogen (secondary N) is 1. The van der Waals surface area contributed by atoms with Gasteiger partial charge < -0.3 is 19.9 Å². The molecule has 11 nitrogen and oxygen atoms in total. The maximum absolute atomic E-state index is 13.2. The molecule has 1 atom stereocenters. The highest BCUT2D eigenvalue weighted by Gasteiger charge is 2.43. The highest BCUT2D eigenvalue weighted by molar-refractivity contribution is 7.92. The standard InChI is InChI=1S/C30H28N4O7S/c1-4-41-22-14-10-20(11-15-22)33-42(37,38)23-16-12-21(13-17-23)34-27(30(36)40-3)26(29(35)39-2)25(24(18-31)28(34)32)19-8-6-5-7-9-19/h5-17,25,33H,4,32H2,1-3H3. The number of allylic oxidation sites excluding steroid dienone is 1. The van der Waals surface area contributed by atoms with Crippen molar-refractivity contribution < 1.29 is 32.2 Å². The molecule has 0 spiro atoms. The molecule has 42 heavy (non-hydrogen) atoms. The largest absolute Gasteiger partial charge is 0.494 e. The Bertz CT molecular complexity index is 1690. The van der Waals surface area contributed by atoms with E-state index in [0.717, 1.165) is 14.2 Å². The van der Waals surface area contributed by atoms with Crippen molar-refractivity contribution in [3.05, 3.63) is 107 Å². The molecule has 3 N–H and O–H groups in total. The van der Waals surface area contributed by atoms with Gasteiger partial charge in [0.2, 0.25) is 0 Å². The maximum Gasteiger partial charge on any atom is 0.355 e. The monoisotopic (exact) mass is 588 g/mol. The Morgan fingerprint density at radius 2 is 1.57 bits per heavy atom. The van der Waals surface area contributed by atoms with Gasteiger partial charge >= 0.3 is 11.9 Å². The third kappa shape index (κ3) is 5.77. The van der Waals surface area contributed by atoms with Crippen molar-refractivity contribution in [2.45, 2.75) is 17.7 Å². The van der Waals surface area contributed by atoms with Crippen molar-refractivity contribution in [1.82, 2.24) is 0 Å². The van der Waals surface area contributed by atoms with Crippen molar-refractivity contribution in [3.63, 3.8) is 0 Å². The van der Waals surface area contributed by atoms with Crippen LogP contribution in [0.1, 0.15) is 18.4 Å². The quantitative estimate of drug-likeness (QED) is 0.352. The minimum atomic E-state index is -4.01. The normalized spacial score (nSPS) is 15.1. The Morgan fingerprint density at radius 3 is 2.12 bits per heavy atom. The van der Waals surface area contributed by atoms with Crippen molar-refractivity contribution in [1.29, 1.82) is 5.26 Å². The third-order valence-electron chi connectivity index (χ3n) is 6.43. The Morgan fingerprint density at radius 1 is 0.952 bits per heavy atom. The van der Waals surface area contributed by atoms with Gasteiger partial charge in [-0.25, -0.2) is 18.0 Å². The second-order valence-corrected chi connectivity index (χ2v) is 10.6. The summed E-state index contributed by atoms with van der Waals surface area (Å²) in [6, 6.07) is 22.5. The summed E-state index contributed by atoms with van der Waals surface area (Å²) in [6.07, 6.45) is 0. The number of hydrogen-bond donors (Lipinski definition) is 2. The lowest BCUT2D eigenvalue weighted by Crippen LogP contribution is -2.40.